The van der Waals surface area contributed by atoms with Gasteiger partial charge in [-0.15, -0.1) is 0 Å². The van der Waals surface area contributed by atoms with E-state index in [-0.39, 0.29) is 12.0 Å². The average Bonchev–Trinajstić information content (AvgIpc) is 3.52. The van der Waals surface area contributed by atoms with Crippen LogP contribution in [0, 0.1) is 17.2 Å². The van der Waals surface area contributed by atoms with Gasteiger partial charge in [0.2, 0.25) is 0 Å². The first-order chi connectivity index (χ1) is 25.7. The zero-order valence-electron chi connectivity index (χ0n) is 28.3. The minimum Gasteiger partial charge on any atom is -0.485 e. The molecule has 0 radical (unpaired) electrons. The summed E-state index contributed by atoms with van der Waals surface area (Å²) in [7, 11) is 0. The summed E-state index contributed by atoms with van der Waals surface area (Å²) in [6.45, 7) is 0. The first kappa shape index (κ1) is 30.2. The van der Waals surface area contributed by atoms with E-state index in [9.17, 15) is 5.26 Å². The zero-order chi connectivity index (χ0) is 34.6. The predicted molar refractivity (Wildman–Crippen MR) is 205 cm³/mol. The first-order valence-electron chi connectivity index (χ1n) is 17.8. The van der Waals surface area contributed by atoms with E-state index in [0.29, 0.717) is 17.5 Å². The molecule has 0 saturated heterocycles. The van der Waals surface area contributed by atoms with Crippen molar-refractivity contribution in [1.82, 2.24) is 15.0 Å². The molecule has 1 spiro atoms. The van der Waals surface area contributed by atoms with Crippen molar-refractivity contribution in [2.75, 3.05) is 0 Å². The third-order valence-electron chi connectivity index (χ3n) is 11.0. The first-order valence-corrected chi connectivity index (χ1v) is 17.8. The zero-order valence-corrected chi connectivity index (χ0v) is 28.3. The van der Waals surface area contributed by atoms with Crippen LogP contribution in [0.25, 0.3) is 50.9 Å². The number of hydrogen-bond acceptors (Lipinski definition) is 5. The van der Waals surface area contributed by atoms with E-state index >= 15 is 0 Å². The number of rotatable bonds is 4. The van der Waals surface area contributed by atoms with Crippen molar-refractivity contribution in [2.24, 2.45) is 5.92 Å². The Hall–Kier alpha value is -6.64. The van der Waals surface area contributed by atoms with Gasteiger partial charge in [0.1, 0.15) is 11.9 Å². The summed E-state index contributed by atoms with van der Waals surface area (Å²) >= 11 is 0. The summed E-state index contributed by atoms with van der Waals surface area (Å²) in [5.74, 6) is 2.83. The van der Waals surface area contributed by atoms with Gasteiger partial charge in [-0.05, 0) is 52.8 Å². The van der Waals surface area contributed by atoms with Crippen molar-refractivity contribution in [3.8, 4) is 57.1 Å². The fraction of sp³-hybridized carbons (Fsp3) is 0.106. The topological polar surface area (TPSA) is 71.7 Å². The standard InChI is InChI=1S/C47H32N4O/c48-29-30-25-27-31(28-26-30)34-18-11-23-40-43(34)52-41-24-10-9-21-38(41)47(40)37-20-8-7-17-35(37)42-36(19-12-22-39(42)47)46-50-44(32-13-3-1-4-14-32)49-45(51-46)33-15-5-2-6-16-33/h1-25,27,38,41H,26,28H2. The van der Waals surface area contributed by atoms with Crippen LogP contribution in [0.3, 0.4) is 0 Å². The molecule has 6 aromatic rings. The van der Waals surface area contributed by atoms with Gasteiger partial charge in [-0.2, -0.15) is 5.26 Å². The van der Waals surface area contributed by atoms with Crippen molar-refractivity contribution in [3.05, 3.63) is 186 Å². The molecule has 246 valence electrons. The van der Waals surface area contributed by atoms with Crippen LogP contribution in [0.15, 0.2) is 163 Å². The summed E-state index contributed by atoms with van der Waals surface area (Å²) in [6.07, 6.45) is 14.2. The van der Waals surface area contributed by atoms with Gasteiger partial charge in [0, 0.05) is 39.3 Å². The number of hydrogen-bond donors (Lipinski definition) is 0. The molecule has 5 aromatic carbocycles. The maximum absolute atomic E-state index is 9.55. The molecule has 0 N–H and O–H groups in total. The fourth-order valence-corrected chi connectivity index (χ4v) is 8.71. The molecule has 0 bridgehead atoms. The van der Waals surface area contributed by atoms with Crippen molar-refractivity contribution in [3.63, 3.8) is 0 Å². The van der Waals surface area contributed by atoms with Gasteiger partial charge >= 0.3 is 0 Å². The number of nitrogens with zero attached hydrogens (tertiary/aromatic N) is 4. The molecular formula is C47H32N4O. The van der Waals surface area contributed by atoms with Gasteiger partial charge in [-0.25, -0.2) is 15.0 Å². The van der Waals surface area contributed by atoms with Gasteiger partial charge < -0.3 is 4.74 Å². The lowest BCUT2D eigenvalue weighted by Gasteiger charge is -2.48. The highest BCUT2D eigenvalue weighted by Crippen LogP contribution is 2.63. The van der Waals surface area contributed by atoms with Crippen LogP contribution < -0.4 is 4.74 Å². The SMILES string of the molecule is N#CC1=CC=C(c2cccc3c2OC2C=CC=CC2C32c3ccccc3-c3c(-c4nc(-c5ccccc5)nc(-c5ccccc5)n4)cccc32)CC1. The highest BCUT2D eigenvalue weighted by molar-refractivity contribution is 5.94. The average molecular weight is 669 g/mol. The summed E-state index contributed by atoms with van der Waals surface area (Å²) in [5, 5.41) is 9.55. The van der Waals surface area contributed by atoms with E-state index in [2.05, 4.69) is 97.1 Å². The van der Waals surface area contributed by atoms with Crippen LogP contribution >= 0.6 is 0 Å². The van der Waals surface area contributed by atoms with E-state index in [4.69, 9.17) is 19.7 Å². The molecule has 5 nitrogen and oxygen atoms in total. The number of nitriles is 1. The number of benzene rings is 5. The number of ether oxygens (including phenoxy) is 1. The Balaban J connectivity index is 1.25. The molecule has 0 saturated carbocycles. The van der Waals surface area contributed by atoms with Crippen molar-refractivity contribution < 1.29 is 4.74 Å². The van der Waals surface area contributed by atoms with Crippen molar-refractivity contribution in [1.29, 1.82) is 5.26 Å². The van der Waals surface area contributed by atoms with Crippen molar-refractivity contribution in [2.45, 2.75) is 24.4 Å². The Kier molecular flexibility index (Phi) is 6.97. The molecule has 0 fully saturated rings. The van der Waals surface area contributed by atoms with Crippen LogP contribution in [0.4, 0.5) is 0 Å². The second-order valence-corrected chi connectivity index (χ2v) is 13.7. The number of fused-ring (bicyclic) bond motifs is 9. The molecule has 5 heteroatoms. The lowest BCUT2D eigenvalue weighted by Crippen LogP contribution is -2.48. The van der Waals surface area contributed by atoms with E-state index < -0.39 is 5.41 Å². The molecule has 2 heterocycles. The molecule has 0 amide bonds. The monoisotopic (exact) mass is 668 g/mol. The molecule has 3 aliphatic carbocycles. The van der Waals surface area contributed by atoms with Crippen LogP contribution in [0.2, 0.25) is 0 Å². The lowest BCUT2D eigenvalue weighted by atomic mass is 9.59. The molecule has 1 aromatic heterocycles. The third kappa shape index (κ3) is 4.51. The molecule has 1 aliphatic heterocycles. The number of allylic oxidation sites excluding steroid dienone is 6. The molecule has 3 unspecified atom stereocenters. The minimum absolute atomic E-state index is 0.00133. The molecule has 52 heavy (non-hydrogen) atoms. The number of aromatic nitrogens is 3. The fourth-order valence-electron chi connectivity index (χ4n) is 8.71. The van der Waals surface area contributed by atoms with E-state index in [0.717, 1.165) is 57.5 Å². The van der Waals surface area contributed by atoms with Gasteiger partial charge in [0.25, 0.3) is 0 Å². The summed E-state index contributed by atoms with van der Waals surface area (Å²) < 4.78 is 7.04. The minimum atomic E-state index is -0.544. The van der Waals surface area contributed by atoms with Crippen LogP contribution in [-0.2, 0) is 5.41 Å². The summed E-state index contributed by atoms with van der Waals surface area (Å²) in [4.78, 5) is 15.4. The maximum atomic E-state index is 9.55. The molecule has 10 rings (SSSR count). The van der Waals surface area contributed by atoms with E-state index in [1.807, 2.05) is 66.7 Å². The van der Waals surface area contributed by atoms with Gasteiger partial charge in [-0.1, -0.05) is 146 Å². The third-order valence-corrected chi connectivity index (χ3v) is 11.0. The highest BCUT2D eigenvalue weighted by atomic mass is 16.5. The van der Waals surface area contributed by atoms with Crippen LogP contribution in [0.5, 0.6) is 5.75 Å². The Labute approximate surface area is 302 Å². The normalized spacial score (nSPS) is 20.4. The number of para-hydroxylation sites is 1. The Bertz CT molecular complexity index is 2520. The highest BCUT2D eigenvalue weighted by Gasteiger charge is 2.56. The Morgan fingerprint density at radius 3 is 1.90 bits per heavy atom. The second-order valence-electron chi connectivity index (χ2n) is 13.7. The van der Waals surface area contributed by atoms with Gasteiger partial charge in [0.15, 0.2) is 17.5 Å². The predicted octanol–water partition coefficient (Wildman–Crippen LogP) is 10.3. The van der Waals surface area contributed by atoms with Crippen LogP contribution in [0.1, 0.15) is 35.1 Å². The summed E-state index contributed by atoms with van der Waals surface area (Å²) in [5.41, 5.74) is 11.3. The van der Waals surface area contributed by atoms with Gasteiger partial charge in [-0.3, -0.25) is 0 Å². The van der Waals surface area contributed by atoms with E-state index in [1.165, 1.54) is 22.3 Å². The maximum Gasteiger partial charge on any atom is 0.164 e. The quantitative estimate of drug-likeness (QED) is 0.187. The van der Waals surface area contributed by atoms with E-state index in [1.54, 1.807) is 0 Å². The van der Waals surface area contributed by atoms with Crippen molar-refractivity contribution >= 4 is 5.57 Å². The Morgan fingerprint density at radius 2 is 1.19 bits per heavy atom. The van der Waals surface area contributed by atoms with Crippen LogP contribution in [-0.4, -0.2) is 21.1 Å². The molecular weight excluding hydrogens is 637 g/mol. The smallest absolute Gasteiger partial charge is 0.164 e. The largest absolute Gasteiger partial charge is 0.485 e. The molecule has 4 aliphatic rings. The molecule has 3 atom stereocenters. The summed E-state index contributed by atoms with van der Waals surface area (Å²) in [6, 6.07) is 44.6. The second kappa shape index (κ2) is 12.0. The lowest BCUT2D eigenvalue weighted by molar-refractivity contribution is 0.141. The Morgan fingerprint density at radius 1 is 0.577 bits per heavy atom. The van der Waals surface area contributed by atoms with Gasteiger partial charge in [0.05, 0.1) is 11.5 Å².